The molecule has 0 radical (unpaired) electrons. The molecule has 0 aliphatic carbocycles. The Balaban J connectivity index is 1.57. The second-order valence-corrected chi connectivity index (χ2v) is 6.07. The van der Waals surface area contributed by atoms with Gasteiger partial charge in [-0.15, -0.1) is 0 Å². The zero-order chi connectivity index (χ0) is 19.7. The highest BCUT2D eigenvalue weighted by Gasteiger charge is 2.07. The van der Waals surface area contributed by atoms with Gasteiger partial charge in [0.05, 0.1) is 6.21 Å². The third kappa shape index (κ3) is 5.36. The summed E-state index contributed by atoms with van der Waals surface area (Å²) in [7, 11) is 0. The molecule has 1 heterocycles. The van der Waals surface area contributed by atoms with Crippen molar-refractivity contribution in [2.24, 2.45) is 5.10 Å². The molecule has 0 fully saturated rings. The van der Waals surface area contributed by atoms with E-state index >= 15 is 0 Å². The van der Waals surface area contributed by atoms with Gasteiger partial charge >= 0.3 is 0 Å². The van der Waals surface area contributed by atoms with E-state index in [1.54, 1.807) is 6.21 Å². The van der Waals surface area contributed by atoms with Crippen LogP contribution in [0.3, 0.4) is 0 Å². The zero-order valence-corrected chi connectivity index (χ0v) is 15.5. The van der Waals surface area contributed by atoms with Crippen LogP contribution in [-0.2, 0) is 0 Å². The van der Waals surface area contributed by atoms with Gasteiger partial charge in [-0.1, -0.05) is 66.7 Å². The topological polar surface area (TPSA) is 87.1 Å². The van der Waals surface area contributed by atoms with Crippen LogP contribution in [-0.4, -0.2) is 21.2 Å². The van der Waals surface area contributed by atoms with Gasteiger partial charge in [-0.2, -0.15) is 20.1 Å². The number of hydrogen-bond donors (Lipinski definition) is 3. The van der Waals surface area contributed by atoms with Crippen LogP contribution in [0, 0.1) is 0 Å². The number of aromatic nitrogens is 3. The Labute approximate surface area is 168 Å². The van der Waals surface area contributed by atoms with Crippen LogP contribution >= 0.6 is 0 Å². The summed E-state index contributed by atoms with van der Waals surface area (Å²) in [5, 5.41) is 10.6. The molecule has 0 aliphatic rings. The van der Waals surface area contributed by atoms with E-state index in [-0.39, 0.29) is 0 Å². The lowest BCUT2D eigenvalue weighted by Gasteiger charge is -2.10. The molecule has 0 atom stereocenters. The molecule has 7 nitrogen and oxygen atoms in total. The Bertz CT molecular complexity index is 1010. The maximum atomic E-state index is 4.45. The molecule has 0 saturated carbocycles. The molecular weight excluding hydrogens is 362 g/mol. The second-order valence-electron chi connectivity index (χ2n) is 6.07. The van der Waals surface area contributed by atoms with E-state index in [1.807, 2.05) is 91.0 Å². The minimum absolute atomic E-state index is 0.323. The molecule has 0 bridgehead atoms. The maximum absolute atomic E-state index is 4.45. The van der Waals surface area contributed by atoms with Crippen LogP contribution in [0.15, 0.2) is 96.1 Å². The third-order valence-electron chi connectivity index (χ3n) is 3.87. The average Bonchev–Trinajstić information content (AvgIpc) is 2.76. The van der Waals surface area contributed by atoms with Crippen molar-refractivity contribution in [2.45, 2.75) is 0 Å². The monoisotopic (exact) mass is 381 g/mol. The fraction of sp³-hybridized carbons (Fsp3) is 0. The lowest BCUT2D eigenvalue weighted by Crippen LogP contribution is -2.07. The first-order chi connectivity index (χ1) is 14.3. The summed E-state index contributed by atoms with van der Waals surface area (Å²) in [6, 6.07) is 29.2. The molecule has 0 saturated heterocycles. The van der Waals surface area contributed by atoms with Crippen molar-refractivity contribution in [2.75, 3.05) is 16.1 Å². The quantitative estimate of drug-likeness (QED) is 0.315. The van der Waals surface area contributed by atoms with Crippen molar-refractivity contribution in [3.05, 3.63) is 96.6 Å². The minimum Gasteiger partial charge on any atom is -0.324 e. The number of nitrogens with zero attached hydrogens (tertiary/aromatic N) is 4. The molecule has 1 aromatic heterocycles. The lowest BCUT2D eigenvalue weighted by molar-refractivity contribution is 1.04. The molecule has 29 heavy (non-hydrogen) atoms. The van der Waals surface area contributed by atoms with Gasteiger partial charge in [0.15, 0.2) is 0 Å². The van der Waals surface area contributed by atoms with Crippen LogP contribution in [0.4, 0.5) is 29.2 Å². The SMILES string of the molecule is C(=N\Nc1nc(Nc2ccccc2)nc(Nc2ccccc2)n1)/c1ccccc1. The molecule has 4 rings (SSSR count). The summed E-state index contributed by atoms with van der Waals surface area (Å²) in [4.78, 5) is 13.3. The van der Waals surface area contributed by atoms with Gasteiger partial charge in [-0.3, -0.25) is 0 Å². The van der Waals surface area contributed by atoms with Crippen molar-refractivity contribution >= 4 is 35.4 Å². The predicted octanol–water partition coefficient (Wildman–Crippen LogP) is 4.80. The van der Waals surface area contributed by atoms with Gasteiger partial charge in [0.25, 0.3) is 0 Å². The van der Waals surface area contributed by atoms with Crippen molar-refractivity contribution in [3.8, 4) is 0 Å². The molecule has 3 N–H and O–H groups in total. The van der Waals surface area contributed by atoms with Crippen LogP contribution in [0.2, 0.25) is 0 Å². The summed E-state index contributed by atoms with van der Waals surface area (Å²) >= 11 is 0. The minimum atomic E-state index is 0.323. The van der Waals surface area contributed by atoms with Gasteiger partial charge in [-0.05, 0) is 29.8 Å². The van der Waals surface area contributed by atoms with E-state index in [1.165, 1.54) is 0 Å². The number of hydrogen-bond acceptors (Lipinski definition) is 7. The summed E-state index contributed by atoms with van der Waals surface area (Å²) in [5.74, 6) is 1.13. The number of rotatable bonds is 7. The summed E-state index contributed by atoms with van der Waals surface area (Å²) < 4.78 is 0. The van der Waals surface area contributed by atoms with E-state index in [9.17, 15) is 0 Å². The summed E-state index contributed by atoms with van der Waals surface area (Å²) in [6.07, 6.45) is 1.71. The van der Waals surface area contributed by atoms with Crippen LogP contribution in [0.5, 0.6) is 0 Å². The Kier molecular flexibility index (Phi) is 5.68. The molecule has 142 valence electrons. The van der Waals surface area contributed by atoms with Crippen LogP contribution in [0.25, 0.3) is 0 Å². The Hall–Kier alpha value is -4.26. The van der Waals surface area contributed by atoms with E-state index in [0.717, 1.165) is 16.9 Å². The number of para-hydroxylation sites is 2. The molecular formula is C22H19N7. The van der Waals surface area contributed by atoms with Gasteiger partial charge in [0.1, 0.15) is 0 Å². The normalized spacial score (nSPS) is 10.6. The smallest absolute Gasteiger partial charge is 0.250 e. The first-order valence-electron chi connectivity index (χ1n) is 9.09. The molecule has 0 aliphatic heterocycles. The molecule has 0 amide bonds. The number of nitrogens with one attached hydrogen (secondary N) is 3. The zero-order valence-electron chi connectivity index (χ0n) is 15.5. The molecule has 3 aromatic carbocycles. The summed E-state index contributed by atoms with van der Waals surface area (Å²) in [5.41, 5.74) is 5.60. The highest BCUT2D eigenvalue weighted by molar-refractivity contribution is 5.79. The fourth-order valence-electron chi connectivity index (χ4n) is 2.54. The van der Waals surface area contributed by atoms with Crippen LogP contribution in [0.1, 0.15) is 5.56 Å². The Morgan fingerprint density at radius 3 is 1.52 bits per heavy atom. The van der Waals surface area contributed by atoms with Gasteiger partial charge in [0, 0.05) is 11.4 Å². The molecule has 0 spiro atoms. The van der Waals surface area contributed by atoms with E-state index in [4.69, 9.17) is 0 Å². The Morgan fingerprint density at radius 2 is 1.00 bits per heavy atom. The van der Waals surface area contributed by atoms with Gasteiger partial charge in [0.2, 0.25) is 17.8 Å². The third-order valence-corrected chi connectivity index (χ3v) is 3.87. The van der Waals surface area contributed by atoms with Gasteiger partial charge in [-0.25, -0.2) is 5.43 Å². The van der Waals surface area contributed by atoms with Crippen molar-refractivity contribution in [3.63, 3.8) is 0 Å². The standard InChI is InChI=1S/C22H19N7/c1-4-10-17(11-5-1)16-23-29-22-27-20(24-18-12-6-2-7-13-18)26-21(28-22)25-19-14-8-3-9-15-19/h1-16H,(H3,24,25,26,27,28,29)/b23-16+. The number of benzene rings is 3. The second kappa shape index (κ2) is 9.09. The van der Waals surface area contributed by atoms with E-state index < -0.39 is 0 Å². The van der Waals surface area contributed by atoms with E-state index in [0.29, 0.717) is 17.8 Å². The number of hydrazone groups is 1. The first-order valence-corrected chi connectivity index (χ1v) is 9.09. The molecule has 0 unspecified atom stereocenters. The largest absolute Gasteiger partial charge is 0.324 e. The summed E-state index contributed by atoms with van der Waals surface area (Å²) in [6.45, 7) is 0. The average molecular weight is 381 g/mol. The van der Waals surface area contributed by atoms with E-state index in [2.05, 4.69) is 36.1 Å². The lowest BCUT2D eigenvalue weighted by atomic mass is 10.2. The van der Waals surface area contributed by atoms with Crippen molar-refractivity contribution < 1.29 is 0 Å². The molecule has 7 heteroatoms. The first kappa shape index (κ1) is 18.1. The predicted molar refractivity (Wildman–Crippen MR) is 117 cm³/mol. The fourth-order valence-corrected chi connectivity index (χ4v) is 2.54. The van der Waals surface area contributed by atoms with Gasteiger partial charge < -0.3 is 10.6 Å². The van der Waals surface area contributed by atoms with Crippen molar-refractivity contribution in [1.82, 2.24) is 15.0 Å². The van der Waals surface area contributed by atoms with Crippen LogP contribution < -0.4 is 16.1 Å². The number of anilines is 5. The Morgan fingerprint density at radius 1 is 0.552 bits per heavy atom. The molecule has 4 aromatic rings. The highest BCUT2D eigenvalue weighted by atomic mass is 15.4. The highest BCUT2D eigenvalue weighted by Crippen LogP contribution is 2.18. The maximum Gasteiger partial charge on any atom is 0.250 e. The van der Waals surface area contributed by atoms with Crippen molar-refractivity contribution in [1.29, 1.82) is 0 Å².